The highest BCUT2D eigenvalue weighted by atomic mass is 35.5. The van der Waals surface area contributed by atoms with E-state index >= 15 is 0 Å². The first-order valence-corrected chi connectivity index (χ1v) is 8.67. The third kappa shape index (κ3) is 4.18. The molecule has 0 spiro atoms. The van der Waals surface area contributed by atoms with Crippen LogP contribution in [0.2, 0.25) is 10.0 Å². The third-order valence-corrected chi connectivity index (χ3v) is 4.68. The van der Waals surface area contributed by atoms with Crippen molar-refractivity contribution in [2.45, 2.75) is 11.3 Å². The summed E-state index contributed by atoms with van der Waals surface area (Å²) in [4.78, 5) is 0.602. The molecule has 7 heteroatoms. The average Bonchev–Trinajstić information content (AvgIpc) is 2.55. The third-order valence-electron chi connectivity index (χ3n) is 3.30. The molecule has 2 aromatic rings. The van der Waals surface area contributed by atoms with E-state index in [4.69, 9.17) is 32.7 Å². The second-order valence-electron chi connectivity index (χ2n) is 4.96. The summed E-state index contributed by atoms with van der Waals surface area (Å²) in [6, 6.07) is 9.13. The largest absolute Gasteiger partial charge is 0.505 e. The predicted octanol–water partition coefficient (Wildman–Crippen LogP) is 4.31. The van der Waals surface area contributed by atoms with E-state index in [0.29, 0.717) is 29.7 Å². The molecule has 122 valence electrons. The zero-order chi connectivity index (χ0) is 16.2. The number of phenolic OH excluding ortho intramolecular Hbond substituents is 1. The summed E-state index contributed by atoms with van der Waals surface area (Å²) in [5.41, 5.74) is 1.15. The predicted molar refractivity (Wildman–Crippen MR) is 93.1 cm³/mol. The Balaban J connectivity index is 1.54. The lowest BCUT2D eigenvalue weighted by Gasteiger charge is -2.18. The fraction of sp³-hybridized carbons (Fsp3) is 0.250. The highest BCUT2D eigenvalue weighted by molar-refractivity contribution is 7.97. The maximum absolute atomic E-state index is 9.89. The number of halogens is 2. The highest BCUT2D eigenvalue weighted by Crippen LogP contribution is 2.36. The van der Waals surface area contributed by atoms with E-state index in [0.717, 1.165) is 23.5 Å². The molecular formula is C16H15Cl2NO3S. The number of nitrogens with one attached hydrogen (secondary N) is 1. The van der Waals surface area contributed by atoms with E-state index in [1.807, 2.05) is 18.2 Å². The number of hydrogen-bond acceptors (Lipinski definition) is 5. The van der Waals surface area contributed by atoms with Gasteiger partial charge in [-0.05, 0) is 48.2 Å². The normalized spacial score (nSPS) is 13.1. The molecule has 0 aliphatic carbocycles. The van der Waals surface area contributed by atoms with Crippen LogP contribution in [0.15, 0.2) is 35.2 Å². The molecule has 3 rings (SSSR count). The lowest BCUT2D eigenvalue weighted by atomic mass is 10.1. The standard InChI is InChI=1S/C16H15Cl2NO3S/c17-11-8-12(18)16(20)15(9-11)23-19-4-3-10-1-2-13-14(7-10)22-6-5-21-13/h1-2,7-9,19-20H,3-6H2. The summed E-state index contributed by atoms with van der Waals surface area (Å²) >= 11 is 13.1. The fourth-order valence-electron chi connectivity index (χ4n) is 2.19. The summed E-state index contributed by atoms with van der Waals surface area (Å²) < 4.78 is 14.3. The van der Waals surface area contributed by atoms with Gasteiger partial charge in [-0.15, -0.1) is 0 Å². The van der Waals surface area contributed by atoms with Gasteiger partial charge in [-0.25, -0.2) is 0 Å². The van der Waals surface area contributed by atoms with Gasteiger partial charge in [-0.2, -0.15) is 0 Å². The maximum atomic E-state index is 9.89. The van der Waals surface area contributed by atoms with Crippen molar-refractivity contribution in [3.8, 4) is 17.2 Å². The van der Waals surface area contributed by atoms with Gasteiger partial charge in [-0.3, -0.25) is 4.72 Å². The fourth-order valence-corrected chi connectivity index (χ4v) is 3.55. The Morgan fingerprint density at radius 1 is 1.09 bits per heavy atom. The smallest absolute Gasteiger partial charge is 0.161 e. The zero-order valence-electron chi connectivity index (χ0n) is 12.1. The van der Waals surface area contributed by atoms with Gasteiger partial charge < -0.3 is 14.6 Å². The van der Waals surface area contributed by atoms with E-state index < -0.39 is 0 Å². The van der Waals surface area contributed by atoms with Gasteiger partial charge >= 0.3 is 0 Å². The summed E-state index contributed by atoms with van der Waals surface area (Å²) in [6.07, 6.45) is 0.818. The second kappa shape index (κ2) is 7.53. The maximum Gasteiger partial charge on any atom is 0.161 e. The SMILES string of the molecule is Oc1c(Cl)cc(Cl)cc1SNCCc1ccc2c(c1)OCCO2. The van der Waals surface area contributed by atoms with Gasteiger partial charge in [-0.1, -0.05) is 29.3 Å². The number of phenols is 1. The van der Waals surface area contributed by atoms with E-state index in [2.05, 4.69) is 4.72 Å². The molecule has 1 aliphatic heterocycles. The molecule has 2 N–H and O–H groups in total. The van der Waals surface area contributed by atoms with Gasteiger partial charge in [0, 0.05) is 11.6 Å². The van der Waals surface area contributed by atoms with Crippen LogP contribution < -0.4 is 14.2 Å². The molecule has 0 saturated carbocycles. The molecule has 4 nitrogen and oxygen atoms in total. The number of rotatable bonds is 5. The Morgan fingerprint density at radius 3 is 2.70 bits per heavy atom. The quantitative estimate of drug-likeness (QED) is 0.605. The molecule has 0 radical (unpaired) electrons. The molecule has 0 atom stereocenters. The number of fused-ring (bicyclic) bond motifs is 1. The van der Waals surface area contributed by atoms with Crippen LogP contribution in [0.4, 0.5) is 0 Å². The number of ether oxygens (including phenoxy) is 2. The van der Waals surface area contributed by atoms with Crippen LogP contribution in [-0.2, 0) is 6.42 Å². The lowest BCUT2D eigenvalue weighted by Crippen LogP contribution is -2.15. The number of benzene rings is 2. The van der Waals surface area contributed by atoms with Crippen molar-refractivity contribution in [1.82, 2.24) is 4.72 Å². The first kappa shape index (κ1) is 16.6. The Hall–Kier alpha value is -1.27. The number of hydrogen-bond donors (Lipinski definition) is 2. The van der Waals surface area contributed by atoms with Gasteiger partial charge in [0.15, 0.2) is 11.5 Å². The van der Waals surface area contributed by atoms with E-state index in [1.165, 1.54) is 18.0 Å². The average molecular weight is 372 g/mol. The van der Waals surface area contributed by atoms with E-state index in [9.17, 15) is 5.11 Å². The molecule has 1 aliphatic rings. The molecule has 23 heavy (non-hydrogen) atoms. The van der Waals surface area contributed by atoms with Crippen LogP contribution in [-0.4, -0.2) is 24.9 Å². The van der Waals surface area contributed by atoms with Gasteiger partial charge in [0.05, 0.1) is 9.92 Å². The Bertz CT molecular complexity index is 712. The van der Waals surface area contributed by atoms with Crippen molar-refractivity contribution in [2.24, 2.45) is 0 Å². The Morgan fingerprint density at radius 2 is 1.87 bits per heavy atom. The molecule has 0 unspecified atom stereocenters. The minimum atomic E-state index is 0.0351. The highest BCUT2D eigenvalue weighted by Gasteiger charge is 2.12. The van der Waals surface area contributed by atoms with Crippen LogP contribution in [0.1, 0.15) is 5.56 Å². The van der Waals surface area contributed by atoms with Crippen molar-refractivity contribution in [3.63, 3.8) is 0 Å². The zero-order valence-corrected chi connectivity index (χ0v) is 14.5. The first-order chi connectivity index (χ1) is 11.1. The van der Waals surface area contributed by atoms with Crippen molar-refractivity contribution < 1.29 is 14.6 Å². The summed E-state index contributed by atoms with van der Waals surface area (Å²) in [6.45, 7) is 1.89. The van der Waals surface area contributed by atoms with Crippen LogP contribution in [0.5, 0.6) is 17.2 Å². The van der Waals surface area contributed by atoms with Crippen molar-refractivity contribution in [1.29, 1.82) is 0 Å². The van der Waals surface area contributed by atoms with Crippen LogP contribution in [0, 0.1) is 0 Å². The van der Waals surface area contributed by atoms with E-state index in [1.54, 1.807) is 6.07 Å². The molecule has 0 fully saturated rings. The van der Waals surface area contributed by atoms with Crippen LogP contribution in [0.25, 0.3) is 0 Å². The lowest BCUT2D eigenvalue weighted by molar-refractivity contribution is 0.171. The van der Waals surface area contributed by atoms with Crippen LogP contribution in [0.3, 0.4) is 0 Å². The molecule has 0 saturated heterocycles. The molecule has 0 bridgehead atoms. The molecule has 2 aromatic carbocycles. The van der Waals surface area contributed by atoms with Gasteiger partial charge in [0.2, 0.25) is 0 Å². The Labute approximate surface area is 148 Å². The summed E-state index contributed by atoms with van der Waals surface area (Å²) in [7, 11) is 0. The van der Waals surface area contributed by atoms with Crippen LogP contribution >= 0.6 is 35.1 Å². The second-order valence-corrected chi connectivity index (χ2v) is 6.74. The molecule has 1 heterocycles. The van der Waals surface area contributed by atoms with Crippen molar-refractivity contribution in [2.75, 3.05) is 19.8 Å². The summed E-state index contributed by atoms with van der Waals surface area (Å²) in [5, 5.41) is 10.6. The summed E-state index contributed by atoms with van der Waals surface area (Å²) in [5.74, 6) is 1.62. The van der Waals surface area contributed by atoms with Gasteiger partial charge in [0.1, 0.15) is 19.0 Å². The molecule has 0 amide bonds. The minimum absolute atomic E-state index is 0.0351. The monoisotopic (exact) mass is 371 g/mol. The van der Waals surface area contributed by atoms with Crippen molar-refractivity contribution >= 4 is 35.1 Å². The van der Waals surface area contributed by atoms with Crippen molar-refractivity contribution in [3.05, 3.63) is 45.9 Å². The first-order valence-electron chi connectivity index (χ1n) is 7.10. The van der Waals surface area contributed by atoms with E-state index in [-0.39, 0.29) is 10.8 Å². The minimum Gasteiger partial charge on any atom is -0.505 e. The topological polar surface area (TPSA) is 50.7 Å². The Kier molecular flexibility index (Phi) is 5.43. The number of aromatic hydroxyl groups is 1. The molecular weight excluding hydrogens is 357 g/mol. The molecule has 0 aromatic heterocycles. The van der Waals surface area contributed by atoms with Gasteiger partial charge in [0.25, 0.3) is 0 Å².